The maximum Gasteiger partial charge on any atom is 0.179 e. The third-order valence-electron chi connectivity index (χ3n) is 5.40. The second-order valence-corrected chi connectivity index (χ2v) is 7.41. The van der Waals surface area contributed by atoms with E-state index in [1.165, 1.54) is 11.1 Å². The van der Waals surface area contributed by atoms with Crippen LogP contribution in [0.3, 0.4) is 0 Å². The second kappa shape index (κ2) is 9.15. The van der Waals surface area contributed by atoms with E-state index < -0.39 is 5.54 Å². The van der Waals surface area contributed by atoms with Crippen molar-refractivity contribution in [3.05, 3.63) is 58.9 Å². The average Bonchev–Trinajstić information content (AvgIpc) is 3.02. The lowest BCUT2D eigenvalue weighted by molar-refractivity contribution is 0.0972. The number of aliphatic hydroxyl groups excluding tert-OH is 1. The Hall–Kier alpha value is -1.91. The van der Waals surface area contributed by atoms with E-state index in [4.69, 9.17) is 5.73 Å². The van der Waals surface area contributed by atoms with E-state index in [0.29, 0.717) is 12.8 Å². The minimum Gasteiger partial charge on any atom is -0.394 e. The fourth-order valence-electron chi connectivity index (χ4n) is 3.17. The number of aryl methyl sites for hydroxylation is 3. The molecule has 0 saturated heterocycles. The molecule has 2 aromatic rings. The van der Waals surface area contributed by atoms with Crippen molar-refractivity contribution in [2.24, 2.45) is 12.8 Å². The van der Waals surface area contributed by atoms with E-state index in [-0.39, 0.29) is 12.4 Å². The van der Waals surface area contributed by atoms with E-state index in [9.17, 15) is 9.90 Å². The number of nitrogens with zero attached hydrogens (tertiary/aromatic N) is 1. The highest BCUT2D eigenvalue weighted by Crippen LogP contribution is 2.18. The van der Waals surface area contributed by atoms with Gasteiger partial charge in [-0.2, -0.15) is 0 Å². The quantitative estimate of drug-likeness (QED) is 0.640. The van der Waals surface area contributed by atoms with Crippen LogP contribution in [-0.4, -0.2) is 27.6 Å². The molecule has 0 fully saturated rings. The summed E-state index contributed by atoms with van der Waals surface area (Å²) in [4.78, 5) is 12.6. The SMILES string of the molecule is CCC(N)(CO)CCc1ccc(C(=O)CCCc2ccc(C)cc2)n1C. The van der Waals surface area contributed by atoms with Gasteiger partial charge in [-0.15, -0.1) is 0 Å². The van der Waals surface area contributed by atoms with E-state index in [0.717, 1.165) is 37.1 Å². The van der Waals surface area contributed by atoms with Crippen molar-refractivity contribution in [2.45, 2.75) is 57.9 Å². The van der Waals surface area contributed by atoms with Crippen LogP contribution in [0.4, 0.5) is 0 Å². The van der Waals surface area contributed by atoms with Crippen LogP contribution in [0.2, 0.25) is 0 Å². The zero-order valence-corrected chi connectivity index (χ0v) is 16.3. The van der Waals surface area contributed by atoms with E-state index in [1.54, 1.807) is 0 Å². The largest absolute Gasteiger partial charge is 0.394 e. The second-order valence-electron chi connectivity index (χ2n) is 7.41. The molecule has 0 aliphatic rings. The standard InChI is InChI=1S/C22H32N2O2/c1-4-22(23,16-25)15-14-19-12-13-20(24(19)3)21(26)7-5-6-18-10-8-17(2)9-11-18/h8-13,25H,4-7,14-16,23H2,1-3H3. The first kappa shape index (κ1) is 20.4. The van der Waals surface area contributed by atoms with Crippen LogP contribution in [0.5, 0.6) is 0 Å². The summed E-state index contributed by atoms with van der Waals surface area (Å²) in [5, 5.41) is 9.45. The third-order valence-corrected chi connectivity index (χ3v) is 5.40. The molecule has 0 saturated carbocycles. The van der Waals surface area contributed by atoms with Gasteiger partial charge in [-0.3, -0.25) is 4.79 Å². The van der Waals surface area contributed by atoms with Crippen LogP contribution in [-0.2, 0) is 19.9 Å². The van der Waals surface area contributed by atoms with Gasteiger partial charge in [0.25, 0.3) is 0 Å². The first-order chi connectivity index (χ1) is 12.4. The molecule has 26 heavy (non-hydrogen) atoms. The summed E-state index contributed by atoms with van der Waals surface area (Å²) in [7, 11) is 1.94. The zero-order chi connectivity index (χ0) is 19.2. The Kier molecular flexibility index (Phi) is 7.18. The number of carbonyl (C=O) groups excluding carboxylic acids is 1. The molecular weight excluding hydrogens is 324 g/mol. The van der Waals surface area contributed by atoms with Crippen molar-refractivity contribution in [3.8, 4) is 0 Å². The Morgan fingerprint density at radius 2 is 1.85 bits per heavy atom. The Morgan fingerprint density at radius 1 is 1.15 bits per heavy atom. The van der Waals surface area contributed by atoms with Gasteiger partial charge in [-0.1, -0.05) is 36.8 Å². The summed E-state index contributed by atoms with van der Waals surface area (Å²) in [6.45, 7) is 4.05. The van der Waals surface area contributed by atoms with Gasteiger partial charge in [-0.05, 0) is 56.7 Å². The number of aromatic nitrogens is 1. The first-order valence-electron chi connectivity index (χ1n) is 9.51. The maximum atomic E-state index is 12.6. The van der Waals surface area contributed by atoms with Gasteiger partial charge >= 0.3 is 0 Å². The van der Waals surface area contributed by atoms with Crippen LogP contribution < -0.4 is 5.73 Å². The number of benzene rings is 1. The fraction of sp³-hybridized carbons (Fsp3) is 0.500. The van der Waals surface area contributed by atoms with Crippen LogP contribution in [0.15, 0.2) is 36.4 Å². The minimum atomic E-state index is -0.539. The minimum absolute atomic E-state index is 0.0152. The predicted molar refractivity (Wildman–Crippen MR) is 106 cm³/mol. The van der Waals surface area contributed by atoms with Gasteiger partial charge in [0.2, 0.25) is 0 Å². The molecule has 4 heteroatoms. The fourth-order valence-corrected chi connectivity index (χ4v) is 3.17. The number of hydrogen-bond donors (Lipinski definition) is 2. The molecule has 0 bridgehead atoms. The van der Waals surface area contributed by atoms with E-state index >= 15 is 0 Å². The van der Waals surface area contributed by atoms with Crippen molar-refractivity contribution in [1.29, 1.82) is 0 Å². The number of aliphatic hydroxyl groups is 1. The van der Waals surface area contributed by atoms with Crippen molar-refractivity contribution in [1.82, 2.24) is 4.57 Å². The third kappa shape index (κ3) is 5.29. The van der Waals surface area contributed by atoms with Gasteiger partial charge in [0.15, 0.2) is 5.78 Å². The van der Waals surface area contributed by atoms with E-state index in [1.807, 2.05) is 30.7 Å². The van der Waals surface area contributed by atoms with Gasteiger partial charge in [0, 0.05) is 24.7 Å². The molecule has 4 nitrogen and oxygen atoms in total. The van der Waals surface area contributed by atoms with Gasteiger partial charge in [-0.25, -0.2) is 0 Å². The molecule has 1 unspecified atom stereocenters. The topological polar surface area (TPSA) is 68.2 Å². The number of carbonyl (C=O) groups is 1. The maximum absolute atomic E-state index is 12.6. The molecule has 0 aliphatic heterocycles. The summed E-state index contributed by atoms with van der Waals surface area (Å²) in [5.41, 5.74) is 10.0. The van der Waals surface area contributed by atoms with Gasteiger partial charge in [0.05, 0.1) is 12.3 Å². The number of rotatable bonds is 10. The molecule has 2 rings (SSSR count). The normalized spacial score (nSPS) is 13.6. The number of Topliss-reactive ketones (excluding diaryl/α,β-unsaturated/α-hetero) is 1. The molecule has 0 amide bonds. The Balaban J connectivity index is 1.89. The summed E-state index contributed by atoms with van der Waals surface area (Å²) in [5.74, 6) is 0.183. The molecule has 0 radical (unpaired) electrons. The first-order valence-corrected chi connectivity index (χ1v) is 9.51. The van der Waals surface area contributed by atoms with Crippen molar-refractivity contribution in [3.63, 3.8) is 0 Å². The molecule has 1 atom stereocenters. The number of nitrogens with two attached hydrogens (primary N) is 1. The molecular formula is C22H32N2O2. The average molecular weight is 357 g/mol. The smallest absolute Gasteiger partial charge is 0.179 e. The molecule has 1 heterocycles. The highest BCUT2D eigenvalue weighted by Gasteiger charge is 2.22. The monoisotopic (exact) mass is 356 g/mol. The molecule has 1 aromatic carbocycles. The molecule has 3 N–H and O–H groups in total. The lowest BCUT2D eigenvalue weighted by atomic mass is 9.92. The molecule has 1 aromatic heterocycles. The highest BCUT2D eigenvalue weighted by molar-refractivity contribution is 5.94. The summed E-state index contributed by atoms with van der Waals surface area (Å²) >= 11 is 0. The van der Waals surface area contributed by atoms with Crippen molar-refractivity contribution in [2.75, 3.05) is 6.61 Å². The van der Waals surface area contributed by atoms with Crippen LogP contribution >= 0.6 is 0 Å². The number of ketones is 1. The lowest BCUT2D eigenvalue weighted by Crippen LogP contribution is -2.43. The predicted octanol–water partition coefficient (Wildman–Crippen LogP) is 3.57. The molecule has 142 valence electrons. The summed E-state index contributed by atoms with van der Waals surface area (Å²) < 4.78 is 1.97. The van der Waals surface area contributed by atoms with Gasteiger partial charge in [0.1, 0.15) is 0 Å². The Bertz CT molecular complexity index is 712. The summed E-state index contributed by atoms with van der Waals surface area (Å²) in [6.07, 6.45) is 4.54. The van der Waals surface area contributed by atoms with Gasteiger partial charge < -0.3 is 15.4 Å². The van der Waals surface area contributed by atoms with Crippen LogP contribution in [0.25, 0.3) is 0 Å². The van der Waals surface area contributed by atoms with E-state index in [2.05, 4.69) is 31.2 Å². The lowest BCUT2D eigenvalue weighted by Gasteiger charge is -2.25. The van der Waals surface area contributed by atoms with Crippen LogP contribution in [0.1, 0.15) is 59.9 Å². The molecule has 0 spiro atoms. The number of hydrogen-bond acceptors (Lipinski definition) is 3. The van der Waals surface area contributed by atoms with Crippen molar-refractivity contribution >= 4 is 5.78 Å². The summed E-state index contributed by atoms with van der Waals surface area (Å²) in [6, 6.07) is 12.4. The van der Waals surface area contributed by atoms with Crippen molar-refractivity contribution < 1.29 is 9.90 Å². The zero-order valence-electron chi connectivity index (χ0n) is 16.3. The Morgan fingerprint density at radius 3 is 2.46 bits per heavy atom. The highest BCUT2D eigenvalue weighted by atomic mass is 16.3. The van der Waals surface area contributed by atoms with Crippen LogP contribution in [0, 0.1) is 6.92 Å². The molecule has 0 aliphatic carbocycles. The Labute approximate surface area is 157 Å².